The molecule has 5 heteroatoms. The van der Waals surface area contributed by atoms with Crippen molar-refractivity contribution < 1.29 is 9.90 Å². The van der Waals surface area contributed by atoms with Gasteiger partial charge in [-0.1, -0.05) is 73.5 Å². The van der Waals surface area contributed by atoms with E-state index in [1.54, 1.807) is 0 Å². The fourth-order valence-corrected chi connectivity index (χ4v) is 3.47. The Balaban J connectivity index is 2.05. The predicted molar refractivity (Wildman–Crippen MR) is 116 cm³/mol. The van der Waals surface area contributed by atoms with Crippen molar-refractivity contribution in [2.45, 2.75) is 46.1 Å². The van der Waals surface area contributed by atoms with Crippen LogP contribution in [0.25, 0.3) is 11.3 Å². The van der Waals surface area contributed by atoms with Gasteiger partial charge in [-0.05, 0) is 25.8 Å². The fraction of sp³-hybridized carbons (Fsp3) is 0.292. The largest absolute Gasteiger partial charge is 0.481 e. The molecule has 0 radical (unpaired) electrons. The first-order valence-electron chi connectivity index (χ1n) is 9.95. The van der Waals surface area contributed by atoms with Gasteiger partial charge in [0.05, 0.1) is 11.6 Å². The molecule has 0 aliphatic heterocycles. The molecule has 1 heterocycles. The Bertz CT molecular complexity index is 969. The number of carboxylic acid groups (broad SMARTS) is 1. The molecule has 0 fully saturated rings. The van der Waals surface area contributed by atoms with E-state index in [0.29, 0.717) is 35.9 Å². The summed E-state index contributed by atoms with van der Waals surface area (Å²) >= 11 is 0. The van der Waals surface area contributed by atoms with Crippen molar-refractivity contribution in [3.63, 3.8) is 0 Å². The Labute approximate surface area is 171 Å². The average molecular weight is 389 g/mol. The molecule has 0 saturated carbocycles. The minimum atomic E-state index is -0.836. The topological polar surface area (TPSA) is 75.1 Å². The van der Waals surface area contributed by atoms with Crippen molar-refractivity contribution in [3.8, 4) is 11.3 Å². The van der Waals surface area contributed by atoms with Crippen LogP contribution in [0.1, 0.15) is 48.1 Å². The molecule has 2 aromatic carbocycles. The standard InChI is InChI=1S/C24H27N3O2/c1-4-8-20(23(28)29)21-17(3)26-24(25-15-18-9-6-5-7-10-18)27-22(21)19-13-11-16(2)12-14-19/h5-7,9-14,20H,4,8,15H2,1-3H3,(H,28,29)(H,25,26,27). The van der Waals surface area contributed by atoms with E-state index in [9.17, 15) is 9.90 Å². The molecule has 0 bridgehead atoms. The van der Waals surface area contributed by atoms with Crippen LogP contribution < -0.4 is 5.32 Å². The Morgan fingerprint density at radius 3 is 2.34 bits per heavy atom. The third-order valence-electron chi connectivity index (χ3n) is 4.98. The molecule has 0 saturated heterocycles. The fourth-order valence-electron chi connectivity index (χ4n) is 3.47. The molecule has 3 aromatic rings. The lowest BCUT2D eigenvalue weighted by atomic mass is 9.89. The number of carboxylic acids is 1. The lowest BCUT2D eigenvalue weighted by molar-refractivity contribution is -0.139. The number of aliphatic carboxylic acids is 1. The van der Waals surface area contributed by atoms with E-state index in [1.165, 1.54) is 0 Å². The number of hydrogen-bond donors (Lipinski definition) is 2. The smallest absolute Gasteiger partial charge is 0.311 e. The zero-order valence-corrected chi connectivity index (χ0v) is 17.1. The van der Waals surface area contributed by atoms with E-state index in [0.717, 1.165) is 23.1 Å². The summed E-state index contributed by atoms with van der Waals surface area (Å²) in [6.45, 7) is 6.49. The summed E-state index contributed by atoms with van der Waals surface area (Å²) in [5.74, 6) is -0.956. The van der Waals surface area contributed by atoms with Crippen LogP contribution in [-0.2, 0) is 11.3 Å². The van der Waals surface area contributed by atoms with Gasteiger partial charge in [-0.15, -0.1) is 0 Å². The number of rotatable bonds is 8. The number of aromatic nitrogens is 2. The summed E-state index contributed by atoms with van der Waals surface area (Å²) in [5, 5.41) is 13.1. The quantitative estimate of drug-likeness (QED) is 0.544. The minimum Gasteiger partial charge on any atom is -0.481 e. The number of benzene rings is 2. The molecular weight excluding hydrogens is 362 g/mol. The van der Waals surface area contributed by atoms with Crippen molar-refractivity contribution in [2.75, 3.05) is 5.32 Å². The molecule has 29 heavy (non-hydrogen) atoms. The highest BCUT2D eigenvalue weighted by atomic mass is 16.4. The van der Waals surface area contributed by atoms with Crippen LogP contribution in [0, 0.1) is 13.8 Å². The third kappa shape index (κ3) is 4.99. The Morgan fingerprint density at radius 2 is 1.72 bits per heavy atom. The third-order valence-corrected chi connectivity index (χ3v) is 4.98. The molecule has 0 aliphatic rings. The molecule has 3 rings (SSSR count). The highest BCUT2D eigenvalue weighted by Crippen LogP contribution is 2.34. The number of aryl methyl sites for hydroxylation is 2. The Hall–Kier alpha value is -3.21. The van der Waals surface area contributed by atoms with Crippen molar-refractivity contribution in [1.82, 2.24) is 9.97 Å². The number of nitrogens with one attached hydrogen (secondary N) is 1. The second-order valence-corrected chi connectivity index (χ2v) is 7.28. The van der Waals surface area contributed by atoms with Gasteiger partial charge < -0.3 is 10.4 Å². The van der Waals surface area contributed by atoms with Crippen molar-refractivity contribution in [3.05, 3.63) is 77.0 Å². The van der Waals surface area contributed by atoms with Gasteiger partial charge >= 0.3 is 5.97 Å². The number of anilines is 1. The van der Waals surface area contributed by atoms with Crippen LogP contribution in [0.2, 0.25) is 0 Å². The second-order valence-electron chi connectivity index (χ2n) is 7.28. The first kappa shape index (κ1) is 20.5. The van der Waals surface area contributed by atoms with E-state index in [-0.39, 0.29) is 0 Å². The normalized spacial score (nSPS) is 11.8. The lowest BCUT2D eigenvalue weighted by Gasteiger charge is -2.19. The van der Waals surface area contributed by atoms with Crippen LogP contribution in [-0.4, -0.2) is 21.0 Å². The van der Waals surface area contributed by atoms with E-state index < -0.39 is 11.9 Å². The Kier molecular flexibility index (Phi) is 6.60. The van der Waals surface area contributed by atoms with E-state index in [1.807, 2.05) is 75.4 Å². The van der Waals surface area contributed by atoms with Gasteiger partial charge in [0.1, 0.15) is 0 Å². The summed E-state index contributed by atoms with van der Waals surface area (Å²) in [4.78, 5) is 21.3. The van der Waals surface area contributed by atoms with E-state index in [4.69, 9.17) is 4.98 Å². The van der Waals surface area contributed by atoms with Gasteiger partial charge in [0.25, 0.3) is 0 Å². The molecule has 150 valence electrons. The minimum absolute atomic E-state index is 0.506. The van der Waals surface area contributed by atoms with Crippen LogP contribution >= 0.6 is 0 Å². The SMILES string of the molecule is CCCC(C(=O)O)c1c(C)nc(NCc2ccccc2)nc1-c1ccc(C)cc1. The van der Waals surface area contributed by atoms with Crippen LogP contribution in [0.5, 0.6) is 0 Å². The molecule has 0 aliphatic carbocycles. The molecule has 1 aromatic heterocycles. The highest BCUT2D eigenvalue weighted by Gasteiger charge is 2.27. The average Bonchev–Trinajstić information content (AvgIpc) is 2.72. The van der Waals surface area contributed by atoms with Crippen LogP contribution in [0.4, 0.5) is 5.95 Å². The van der Waals surface area contributed by atoms with Gasteiger partial charge in [0, 0.05) is 23.4 Å². The number of nitrogens with zero attached hydrogens (tertiary/aromatic N) is 2. The summed E-state index contributed by atoms with van der Waals surface area (Å²) in [6, 6.07) is 18.1. The number of carbonyl (C=O) groups is 1. The van der Waals surface area contributed by atoms with E-state index >= 15 is 0 Å². The molecule has 0 amide bonds. The summed E-state index contributed by atoms with van der Waals surface area (Å²) in [7, 11) is 0. The Morgan fingerprint density at radius 1 is 1.03 bits per heavy atom. The van der Waals surface area contributed by atoms with Crippen molar-refractivity contribution in [2.24, 2.45) is 0 Å². The van der Waals surface area contributed by atoms with Crippen LogP contribution in [0.3, 0.4) is 0 Å². The van der Waals surface area contributed by atoms with Gasteiger partial charge in [-0.3, -0.25) is 4.79 Å². The maximum atomic E-state index is 12.0. The maximum absolute atomic E-state index is 12.0. The first-order chi connectivity index (χ1) is 14.0. The second kappa shape index (κ2) is 9.32. The van der Waals surface area contributed by atoms with Crippen molar-refractivity contribution >= 4 is 11.9 Å². The molecule has 2 N–H and O–H groups in total. The van der Waals surface area contributed by atoms with Crippen LogP contribution in [0.15, 0.2) is 54.6 Å². The molecule has 0 spiro atoms. The highest BCUT2D eigenvalue weighted by molar-refractivity contribution is 5.81. The molecule has 5 nitrogen and oxygen atoms in total. The van der Waals surface area contributed by atoms with Gasteiger partial charge in [0.15, 0.2) is 0 Å². The van der Waals surface area contributed by atoms with Crippen molar-refractivity contribution in [1.29, 1.82) is 0 Å². The zero-order valence-electron chi connectivity index (χ0n) is 17.1. The zero-order chi connectivity index (χ0) is 20.8. The van der Waals surface area contributed by atoms with Gasteiger partial charge in [0.2, 0.25) is 5.95 Å². The predicted octanol–water partition coefficient (Wildman–Crippen LogP) is 5.34. The maximum Gasteiger partial charge on any atom is 0.311 e. The summed E-state index contributed by atoms with van der Waals surface area (Å²) in [5.41, 5.74) is 5.27. The number of hydrogen-bond acceptors (Lipinski definition) is 4. The monoisotopic (exact) mass is 389 g/mol. The summed E-state index contributed by atoms with van der Waals surface area (Å²) < 4.78 is 0. The lowest BCUT2D eigenvalue weighted by Crippen LogP contribution is -2.17. The molecular formula is C24H27N3O2. The molecule has 1 unspecified atom stereocenters. The van der Waals surface area contributed by atoms with E-state index in [2.05, 4.69) is 10.3 Å². The summed E-state index contributed by atoms with van der Waals surface area (Å²) in [6.07, 6.45) is 1.33. The first-order valence-corrected chi connectivity index (χ1v) is 9.95. The van der Waals surface area contributed by atoms with Gasteiger partial charge in [-0.25, -0.2) is 9.97 Å². The molecule has 1 atom stereocenters. The van der Waals surface area contributed by atoms with Gasteiger partial charge in [-0.2, -0.15) is 0 Å².